The predicted octanol–water partition coefficient (Wildman–Crippen LogP) is 3.59. The lowest BCUT2D eigenvalue weighted by atomic mass is 10.0. The maximum absolute atomic E-state index is 13.3. The van der Waals surface area contributed by atoms with Crippen LogP contribution in [0.15, 0.2) is 18.2 Å². The summed E-state index contributed by atoms with van der Waals surface area (Å²) >= 11 is 0. The van der Waals surface area contributed by atoms with E-state index in [2.05, 4.69) is 4.98 Å². The number of nitrogens with zero attached hydrogens (tertiary/aromatic N) is 3. The molecule has 1 fully saturated rings. The number of fused-ring (bicyclic) bond motifs is 1. The first-order chi connectivity index (χ1) is 12.2. The van der Waals surface area contributed by atoms with Crippen molar-refractivity contribution in [3.63, 3.8) is 0 Å². The third-order valence-electron chi connectivity index (χ3n) is 4.87. The molecular weight excluding hydrogens is 345 g/mol. The highest BCUT2D eigenvalue weighted by Gasteiger charge is 2.38. The predicted molar refractivity (Wildman–Crippen MR) is 92.8 cm³/mol. The van der Waals surface area contributed by atoms with Gasteiger partial charge in [0.2, 0.25) is 5.82 Å². The average molecular weight is 368 g/mol. The summed E-state index contributed by atoms with van der Waals surface area (Å²) in [5.41, 5.74) is 6.67. The Morgan fingerprint density at radius 2 is 2.08 bits per heavy atom. The number of nitrogens with two attached hydrogens (primary N) is 1. The highest BCUT2D eigenvalue weighted by molar-refractivity contribution is 5.97. The summed E-state index contributed by atoms with van der Waals surface area (Å²) in [6, 6.07) is 4.15. The molecule has 3 rings (SSSR count). The molecule has 0 saturated carbocycles. The van der Waals surface area contributed by atoms with Gasteiger partial charge in [0.25, 0.3) is 5.91 Å². The van der Waals surface area contributed by atoms with Gasteiger partial charge in [-0.15, -0.1) is 0 Å². The van der Waals surface area contributed by atoms with E-state index in [9.17, 15) is 18.0 Å². The highest BCUT2D eigenvalue weighted by Crippen LogP contribution is 2.34. The molecule has 1 saturated heterocycles. The third kappa shape index (κ3) is 3.30. The van der Waals surface area contributed by atoms with E-state index in [1.54, 1.807) is 30.9 Å². The van der Waals surface area contributed by atoms with Crippen LogP contribution in [0.25, 0.3) is 11.0 Å². The Balaban J connectivity index is 2.03. The number of benzene rings is 1. The maximum Gasteiger partial charge on any atom is 0.449 e. The second-order valence-corrected chi connectivity index (χ2v) is 6.98. The molecule has 1 aliphatic rings. The van der Waals surface area contributed by atoms with Crippen molar-refractivity contribution >= 4 is 16.9 Å². The maximum atomic E-state index is 13.3. The second kappa shape index (κ2) is 6.90. The van der Waals surface area contributed by atoms with E-state index >= 15 is 0 Å². The van der Waals surface area contributed by atoms with Crippen LogP contribution in [0.2, 0.25) is 0 Å². The van der Waals surface area contributed by atoms with E-state index in [1.807, 2.05) is 0 Å². The summed E-state index contributed by atoms with van der Waals surface area (Å²) in [7, 11) is 0. The number of hydrogen-bond acceptors (Lipinski definition) is 3. The van der Waals surface area contributed by atoms with Crippen molar-refractivity contribution in [2.24, 2.45) is 5.73 Å². The number of hydrogen-bond donors (Lipinski definition) is 1. The molecule has 1 amide bonds. The fraction of sp³-hybridized carbons (Fsp3) is 0.556. The van der Waals surface area contributed by atoms with Gasteiger partial charge in [0.1, 0.15) is 0 Å². The molecule has 26 heavy (non-hydrogen) atoms. The molecule has 1 unspecified atom stereocenters. The number of aromatic nitrogens is 2. The van der Waals surface area contributed by atoms with Gasteiger partial charge in [0.05, 0.1) is 11.0 Å². The van der Waals surface area contributed by atoms with Crippen LogP contribution in [0.1, 0.15) is 55.3 Å². The van der Waals surface area contributed by atoms with Gasteiger partial charge >= 0.3 is 6.18 Å². The van der Waals surface area contributed by atoms with E-state index in [0.29, 0.717) is 24.2 Å². The molecule has 8 heteroatoms. The zero-order chi connectivity index (χ0) is 19.1. The largest absolute Gasteiger partial charge is 0.449 e. The fourth-order valence-electron chi connectivity index (χ4n) is 3.63. The highest BCUT2D eigenvalue weighted by atomic mass is 19.4. The summed E-state index contributed by atoms with van der Waals surface area (Å²) in [6.45, 7) is 4.35. The van der Waals surface area contributed by atoms with Crippen molar-refractivity contribution in [1.29, 1.82) is 0 Å². The number of likely N-dealkylation sites (tertiary alicyclic amines) is 1. The van der Waals surface area contributed by atoms with E-state index in [1.165, 1.54) is 6.07 Å². The summed E-state index contributed by atoms with van der Waals surface area (Å²) in [5, 5.41) is 0. The number of carbonyl (C=O) groups is 1. The fourth-order valence-corrected chi connectivity index (χ4v) is 3.63. The molecule has 142 valence electrons. The van der Waals surface area contributed by atoms with Crippen LogP contribution >= 0.6 is 0 Å². The first kappa shape index (κ1) is 18.7. The third-order valence-corrected chi connectivity index (χ3v) is 4.87. The van der Waals surface area contributed by atoms with Gasteiger partial charge in [-0.05, 0) is 51.3 Å². The van der Waals surface area contributed by atoms with Gasteiger partial charge in [-0.25, -0.2) is 4.98 Å². The Labute approximate surface area is 150 Å². The monoisotopic (exact) mass is 368 g/mol. The number of halogens is 3. The van der Waals surface area contributed by atoms with Crippen molar-refractivity contribution in [3.05, 3.63) is 29.6 Å². The molecule has 2 N–H and O–H groups in total. The number of carbonyl (C=O) groups excluding carboxylic acids is 1. The molecule has 1 aliphatic heterocycles. The van der Waals surface area contributed by atoms with Crippen molar-refractivity contribution in [3.8, 4) is 0 Å². The first-order valence-corrected chi connectivity index (χ1v) is 8.84. The van der Waals surface area contributed by atoms with Crippen LogP contribution in [0, 0.1) is 0 Å². The smallest absolute Gasteiger partial charge is 0.334 e. The van der Waals surface area contributed by atoms with Gasteiger partial charge in [0.15, 0.2) is 0 Å². The molecule has 1 aromatic heterocycles. The molecule has 2 aromatic rings. The zero-order valence-corrected chi connectivity index (χ0v) is 14.9. The molecule has 2 heterocycles. The average Bonchev–Trinajstić information content (AvgIpc) is 3.00. The number of piperidine rings is 1. The number of amides is 1. The van der Waals surface area contributed by atoms with Crippen molar-refractivity contribution < 1.29 is 18.0 Å². The van der Waals surface area contributed by atoms with Crippen LogP contribution in [-0.4, -0.2) is 39.5 Å². The summed E-state index contributed by atoms with van der Waals surface area (Å²) in [5.74, 6) is -1.14. The second-order valence-electron chi connectivity index (χ2n) is 6.98. The van der Waals surface area contributed by atoms with E-state index in [0.717, 1.165) is 23.8 Å². The molecule has 1 atom stereocenters. The topological polar surface area (TPSA) is 64.2 Å². The molecule has 0 spiro atoms. The number of imidazole rings is 1. The molecule has 0 bridgehead atoms. The van der Waals surface area contributed by atoms with Gasteiger partial charge in [-0.1, -0.05) is 0 Å². The van der Waals surface area contributed by atoms with E-state index in [-0.39, 0.29) is 17.5 Å². The van der Waals surface area contributed by atoms with Gasteiger partial charge < -0.3 is 15.2 Å². The Morgan fingerprint density at radius 1 is 1.35 bits per heavy atom. The molecule has 0 radical (unpaired) electrons. The van der Waals surface area contributed by atoms with Gasteiger partial charge in [0, 0.05) is 30.7 Å². The van der Waals surface area contributed by atoms with Crippen molar-refractivity contribution in [2.45, 2.75) is 51.4 Å². The lowest BCUT2D eigenvalue weighted by Crippen LogP contribution is -2.47. The van der Waals surface area contributed by atoms with Crippen LogP contribution < -0.4 is 5.73 Å². The lowest BCUT2D eigenvalue weighted by molar-refractivity contribution is -0.147. The number of alkyl halides is 3. The minimum atomic E-state index is -4.55. The lowest BCUT2D eigenvalue weighted by Gasteiger charge is -2.35. The van der Waals surface area contributed by atoms with Gasteiger partial charge in [-0.2, -0.15) is 13.2 Å². The molecule has 1 aromatic carbocycles. The number of rotatable bonds is 3. The standard InChI is InChI=1S/C18H23F3N4O/c1-11(2)25-15-7-6-12(9-14(15)23-17(25)18(19,20)21)16(26)24-8-4-3-5-13(24)10-22/h6-7,9,11,13H,3-5,8,10,22H2,1-2H3. The van der Waals surface area contributed by atoms with Crippen LogP contribution in [0.4, 0.5) is 13.2 Å². The first-order valence-electron chi connectivity index (χ1n) is 8.84. The SMILES string of the molecule is CC(C)n1c(C(F)(F)F)nc2cc(C(=O)N3CCCCC3CN)ccc21. The summed E-state index contributed by atoms with van der Waals surface area (Å²) in [4.78, 5) is 18.4. The molecule has 0 aliphatic carbocycles. The quantitative estimate of drug-likeness (QED) is 0.900. The van der Waals surface area contributed by atoms with E-state index < -0.39 is 18.0 Å². The minimum absolute atomic E-state index is 0.0223. The Kier molecular flexibility index (Phi) is 4.96. The van der Waals surface area contributed by atoms with Gasteiger partial charge in [-0.3, -0.25) is 4.79 Å². The summed E-state index contributed by atoms with van der Waals surface area (Å²) < 4.78 is 41.1. The molecule has 5 nitrogen and oxygen atoms in total. The van der Waals surface area contributed by atoms with Crippen molar-refractivity contribution in [1.82, 2.24) is 14.5 Å². The van der Waals surface area contributed by atoms with Crippen molar-refractivity contribution in [2.75, 3.05) is 13.1 Å². The van der Waals surface area contributed by atoms with Crippen LogP contribution in [0.5, 0.6) is 0 Å². The Bertz CT molecular complexity index is 813. The summed E-state index contributed by atoms with van der Waals surface area (Å²) in [6.07, 6.45) is -1.77. The Morgan fingerprint density at radius 3 is 2.69 bits per heavy atom. The molecular formula is C18H23F3N4O. The van der Waals surface area contributed by atoms with Crippen LogP contribution in [0.3, 0.4) is 0 Å². The zero-order valence-electron chi connectivity index (χ0n) is 14.9. The normalized spacial score (nSPS) is 18.7. The minimum Gasteiger partial charge on any atom is -0.334 e. The van der Waals surface area contributed by atoms with E-state index in [4.69, 9.17) is 5.73 Å². The van der Waals surface area contributed by atoms with Crippen LogP contribution in [-0.2, 0) is 6.18 Å². The Hall–Kier alpha value is -2.09.